The van der Waals surface area contributed by atoms with Crippen LogP contribution in [0.5, 0.6) is 0 Å². The maximum atomic E-state index is 12.8. The van der Waals surface area contributed by atoms with Gasteiger partial charge >= 0.3 is 6.18 Å². The lowest BCUT2D eigenvalue weighted by atomic mass is 9.76. The molecule has 1 aromatic heterocycles. The van der Waals surface area contributed by atoms with Crippen molar-refractivity contribution < 1.29 is 17.6 Å². The van der Waals surface area contributed by atoms with Crippen LogP contribution in [0.3, 0.4) is 0 Å². The van der Waals surface area contributed by atoms with Gasteiger partial charge in [0, 0.05) is 6.04 Å². The molecule has 1 saturated carbocycles. The quantitative estimate of drug-likeness (QED) is 0.904. The molecule has 1 aliphatic rings. The van der Waals surface area contributed by atoms with Gasteiger partial charge in [0.25, 0.3) is 0 Å². The van der Waals surface area contributed by atoms with Crippen LogP contribution in [0.1, 0.15) is 31.2 Å². The van der Waals surface area contributed by atoms with Gasteiger partial charge in [-0.05, 0) is 50.3 Å². The summed E-state index contributed by atoms with van der Waals surface area (Å²) in [4.78, 5) is 0. The summed E-state index contributed by atoms with van der Waals surface area (Å²) in [5.41, 5.74) is 1.04. The molecule has 0 aromatic carbocycles. The minimum absolute atomic E-state index is 0.0836. The monoisotopic (exact) mass is 275 g/mol. The van der Waals surface area contributed by atoms with Crippen LogP contribution in [0.4, 0.5) is 13.2 Å². The van der Waals surface area contributed by atoms with E-state index in [0.717, 1.165) is 18.4 Å². The fourth-order valence-electron chi connectivity index (χ4n) is 3.06. The molecular formula is C14H20F3NO. The molecule has 1 aliphatic carbocycles. The first-order chi connectivity index (χ1) is 9.00. The Labute approximate surface area is 111 Å². The summed E-state index contributed by atoms with van der Waals surface area (Å²) in [6, 6.07) is 1.96. The summed E-state index contributed by atoms with van der Waals surface area (Å²) in [6.07, 6.45) is 1.99. The third-order valence-electron chi connectivity index (χ3n) is 4.15. The lowest BCUT2D eigenvalue weighted by Gasteiger charge is -2.35. The van der Waals surface area contributed by atoms with E-state index in [0.29, 0.717) is 6.42 Å². The van der Waals surface area contributed by atoms with E-state index in [1.807, 2.05) is 13.1 Å². The molecule has 0 saturated heterocycles. The zero-order valence-corrected chi connectivity index (χ0v) is 11.0. The Kier molecular flexibility index (Phi) is 4.55. The van der Waals surface area contributed by atoms with Crippen molar-refractivity contribution in [1.82, 2.24) is 5.32 Å². The number of likely N-dealkylation sites (N-methyl/N-ethyl adjacent to an activating group) is 1. The second-order valence-corrected chi connectivity index (χ2v) is 5.40. The summed E-state index contributed by atoms with van der Waals surface area (Å²) in [5, 5.41) is 3.17. The third kappa shape index (κ3) is 3.75. The van der Waals surface area contributed by atoms with Crippen molar-refractivity contribution in [2.45, 2.75) is 44.3 Å². The first kappa shape index (κ1) is 14.4. The lowest BCUT2D eigenvalue weighted by molar-refractivity contribution is -0.186. The third-order valence-corrected chi connectivity index (χ3v) is 4.15. The largest absolute Gasteiger partial charge is 0.472 e. The van der Waals surface area contributed by atoms with Crippen molar-refractivity contribution in [3.05, 3.63) is 24.2 Å². The van der Waals surface area contributed by atoms with Gasteiger partial charge in [0.1, 0.15) is 0 Å². The Morgan fingerprint density at radius 3 is 2.79 bits per heavy atom. The molecule has 0 bridgehead atoms. The molecule has 19 heavy (non-hydrogen) atoms. The molecule has 2 rings (SSSR count). The topological polar surface area (TPSA) is 25.2 Å². The molecule has 2 nitrogen and oxygen atoms in total. The van der Waals surface area contributed by atoms with Gasteiger partial charge in [-0.15, -0.1) is 0 Å². The zero-order chi connectivity index (χ0) is 13.9. The van der Waals surface area contributed by atoms with Crippen molar-refractivity contribution in [1.29, 1.82) is 0 Å². The number of halogens is 3. The average Bonchev–Trinajstić information content (AvgIpc) is 2.88. The van der Waals surface area contributed by atoms with Gasteiger partial charge in [-0.25, -0.2) is 0 Å². The lowest BCUT2D eigenvalue weighted by Crippen LogP contribution is -2.40. The van der Waals surface area contributed by atoms with Crippen molar-refractivity contribution in [2.75, 3.05) is 7.05 Å². The molecule has 1 fully saturated rings. The number of alkyl halides is 3. The van der Waals surface area contributed by atoms with E-state index in [9.17, 15) is 13.2 Å². The highest BCUT2D eigenvalue weighted by Crippen LogP contribution is 2.41. The van der Waals surface area contributed by atoms with Crippen LogP contribution in [0, 0.1) is 11.8 Å². The molecule has 1 N–H and O–H groups in total. The summed E-state index contributed by atoms with van der Waals surface area (Å²) in [5.74, 6) is -1.05. The summed E-state index contributed by atoms with van der Waals surface area (Å²) in [6.45, 7) is 0. The number of nitrogens with one attached hydrogen (secondary N) is 1. The SMILES string of the molecule is CNC(Cc1ccoc1)C1CCCC(C(F)(F)F)C1. The highest BCUT2D eigenvalue weighted by atomic mass is 19.4. The average molecular weight is 275 g/mol. The first-order valence-corrected chi connectivity index (χ1v) is 6.75. The molecule has 0 amide bonds. The van der Waals surface area contributed by atoms with Crippen LogP contribution in [-0.4, -0.2) is 19.3 Å². The van der Waals surface area contributed by atoms with Crippen molar-refractivity contribution in [3.63, 3.8) is 0 Å². The molecule has 108 valence electrons. The molecule has 1 aromatic rings. The van der Waals surface area contributed by atoms with Gasteiger partial charge in [-0.2, -0.15) is 13.2 Å². The Bertz CT molecular complexity index is 375. The maximum Gasteiger partial charge on any atom is 0.391 e. The van der Waals surface area contributed by atoms with Crippen LogP contribution in [0.25, 0.3) is 0 Å². The van der Waals surface area contributed by atoms with Crippen LogP contribution in [0.15, 0.2) is 23.0 Å². The number of furan rings is 1. The van der Waals surface area contributed by atoms with Crippen molar-refractivity contribution in [3.8, 4) is 0 Å². The number of rotatable bonds is 4. The minimum atomic E-state index is -4.05. The van der Waals surface area contributed by atoms with E-state index in [4.69, 9.17) is 4.42 Å². The summed E-state index contributed by atoms with van der Waals surface area (Å²) in [7, 11) is 1.82. The van der Waals surface area contributed by atoms with Gasteiger partial charge in [0.05, 0.1) is 18.4 Å². The van der Waals surface area contributed by atoms with Crippen LogP contribution >= 0.6 is 0 Å². The normalized spacial score (nSPS) is 26.3. The van der Waals surface area contributed by atoms with E-state index in [2.05, 4.69) is 5.32 Å². The van der Waals surface area contributed by atoms with Crippen molar-refractivity contribution >= 4 is 0 Å². The van der Waals surface area contributed by atoms with Gasteiger partial charge in [-0.1, -0.05) is 6.42 Å². The predicted molar refractivity (Wildman–Crippen MR) is 66.8 cm³/mol. The highest BCUT2D eigenvalue weighted by molar-refractivity contribution is 5.08. The number of hydrogen-bond acceptors (Lipinski definition) is 2. The van der Waals surface area contributed by atoms with Gasteiger partial charge < -0.3 is 9.73 Å². The first-order valence-electron chi connectivity index (χ1n) is 6.75. The number of hydrogen-bond donors (Lipinski definition) is 1. The Morgan fingerprint density at radius 1 is 1.42 bits per heavy atom. The van der Waals surface area contributed by atoms with Crippen molar-refractivity contribution in [2.24, 2.45) is 11.8 Å². The second-order valence-electron chi connectivity index (χ2n) is 5.40. The molecule has 0 spiro atoms. The maximum absolute atomic E-state index is 12.8. The Hall–Kier alpha value is -0.970. The van der Waals surface area contributed by atoms with Crippen LogP contribution < -0.4 is 5.32 Å². The zero-order valence-electron chi connectivity index (χ0n) is 11.0. The van der Waals surface area contributed by atoms with Crippen LogP contribution in [0.2, 0.25) is 0 Å². The summed E-state index contributed by atoms with van der Waals surface area (Å²) >= 11 is 0. The van der Waals surface area contributed by atoms with Gasteiger partial charge in [0.2, 0.25) is 0 Å². The van der Waals surface area contributed by atoms with Crippen LogP contribution in [-0.2, 0) is 6.42 Å². The smallest absolute Gasteiger partial charge is 0.391 e. The molecule has 1 heterocycles. The fraction of sp³-hybridized carbons (Fsp3) is 0.714. The van der Waals surface area contributed by atoms with E-state index in [1.54, 1.807) is 12.5 Å². The van der Waals surface area contributed by atoms with Gasteiger partial charge in [0.15, 0.2) is 0 Å². The Balaban J connectivity index is 1.98. The van der Waals surface area contributed by atoms with E-state index >= 15 is 0 Å². The minimum Gasteiger partial charge on any atom is -0.472 e. The molecule has 0 radical (unpaired) electrons. The molecule has 3 unspecified atom stereocenters. The fourth-order valence-corrected chi connectivity index (χ4v) is 3.06. The molecule has 0 aliphatic heterocycles. The second kappa shape index (κ2) is 5.99. The highest BCUT2D eigenvalue weighted by Gasteiger charge is 2.43. The van der Waals surface area contributed by atoms with E-state index in [1.165, 1.54) is 0 Å². The Morgan fingerprint density at radius 2 is 2.21 bits per heavy atom. The molecular weight excluding hydrogens is 255 g/mol. The predicted octanol–water partition coefficient (Wildman–Crippen LogP) is 3.78. The van der Waals surface area contributed by atoms with E-state index < -0.39 is 12.1 Å². The summed E-state index contributed by atoms with van der Waals surface area (Å²) < 4.78 is 43.5. The standard InChI is InChI=1S/C14H20F3NO/c1-18-13(7-10-5-6-19-9-10)11-3-2-4-12(8-11)14(15,16)17/h5-6,9,11-13,18H,2-4,7-8H2,1H3. The van der Waals surface area contributed by atoms with Gasteiger partial charge in [-0.3, -0.25) is 0 Å². The molecule has 3 atom stereocenters. The van der Waals surface area contributed by atoms with E-state index in [-0.39, 0.29) is 24.8 Å². The molecule has 5 heteroatoms.